The average Bonchev–Trinajstić information content (AvgIpc) is 2.50. The van der Waals surface area contributed by atoms with Gasteiger partial charge in [-0.1, -0.05) is 11.8 Å². The number of thioether (sulfide) groups is 1. The van der Waals surface area contributed by atoms with Crippen LogP contribution < -0.4 is 5.32 Å². The van der Waals surface area contributed by atoms with Gasteiger partial charge in [0.2, 0.25) is 5.91 Å². The second-order valence-corrected chi connectivity index (χ2v) is 6.97. The second kappa shape index (κ2) is 7.56. The lowest BCUT2D eigenvalue weighted by molar-refractivity contribution is -0.115. The molecular formula is C16H15BrN2O2S. The van der Waals surface area contributed by atoms with Crippen molar-refractivity contribution in [2.24, 2.45) is 0 Å². The molecule has 0 radical (unpaired) electrons. The number of carbonyl (C=O) groups excluding carboxylic acids is 2. The summed E-state index contributed by atoms with van der Waals surface area (Å²) in [6, 6.07) is 10.6. The van der Waals surface area contributed by atoms with Gasteiger partial charge >= 0.3 is 0 Å². The molecule has 0 bridgehead atoms. The zero-order chi connectivity index (χ0) is 16.1. The number of ketones is 1. The summed E-state index contributed by atoms with van der Waals surface area (Å²) in [7, 11) is 0. The highest BCUT2D eigenvalue weighted by atomic mass is 79.9. The topological polar surface area (TPSA) is 59.1 Å². The van der Waals surface area contributed by atoms with Gasteiger partial charge in [-0.15, -0.1) is 0 Å². The van der Waals surface area contributed by atoms with Crippen LogP contribution in [-0.4, -0.2) is 21.9 Å². The van der Waals surface area contributed by atoms with E-state index >= 15 is 0 Å². The minimum atomic E-state index is -0.277. The zero-order valence-corrected chi connectivity index (χ0v) is 14.6. The van der Waals surface area contributed by atoms with Crippen molar-refractivity contribution in [3.05, 3.63) is 52.6 Å². The van der Waals surface area contributed by atoms with Gasteiger partial charge in [-0.25, -0.2) is 4.98 Å². The number of aromatic nitrogens is 1. The van der Waals surface area contributed by atoms with Gasteiger partial charge in [0.25, 0.3) is 0 Å². The van der Waals surface area contributed by atoms with E-state index in [1.807, 2.05) is 19.1 Å². The zero-order valence-electron chi connectivity index (χ0n) is 12.2. The van der Waals surface area contributed by atoms with E-state index in [2.05, 4.69) is 26.2 Å². The molecule has 0 aliphatic heterocycles. The molecule has 2 rings (SSSR count). The van der Waals surface area contributed by atoms with E-state index < -0.39 is 0 Å². The molecule has 0 aliphatic carbocycles. The Morgan fingerprint density at radius 2 is 1.86 bits per heavy atom. The molecule has 22 heavy (non-hydrogen) atoms. The van der Waals surface area contributed by atoms with Crippen molar-refractivity contribution in [2.45, 2.75) is 24.1 Å². The molecule has 1 unspecified atom stereocenters. The molecule has 1 aromatic carbocycles. The number of carbonyl (C=O) groups is 2. The van der Waals surface area contributed by atoms with Crippen molar-refractivity contribution in [3.8, 4) is 0 Å². The predicted octanol–water partition coefficient (Wildman–Crippen LogP) is 4.17. The monoisotopic (exact) mass is 378 g/mol. The summed E-state index contributed by atoms with van der Waals surface area (Å²) in [5, 5.41) is 3.34. The highest BCUT2D eigenvalue weighted by Crippen LogP contribution is 2.23. The third-order valence-electron chi connectivity index (χ3n) is 2.93. The number of benzene rings is 1. The predicted molar refractivity (Wildman–Crippen MR) is 92.3 cm³/mol. The fourth-order valence-electron chi connectivity index (χ4n) is 1.70. The fourth-order valence-corrected chi connectivity index (χ4v) is 2.72. The van der Waals surface area contributed by atoms with Gasteiger partial charge in [0.15, 0.2) is 5.78 Å². The molecule has 114 valence electrons. The largest absolute Gasteiger partial charge is 0.325 e. The maximum atomic E-state index is 12.2. The van der Waals surface area contributed by atoms with Gasteiger partial charge in [0.1, 0.15) is 0 Å². The van der Waals surface area contributed by atoms with Crippen molar-refractivity contribution in [1.29, 1.82) is 0 Å². The third kappa shape index (κ3) is 4.68. The Hall–Kier alpha value is -1.66. The van der Waals surface area contributed by atoms with E-state index in [0.717, 1.165) is 9.50 Å². The highest BCUT2D eigenvalue weighted by Gasteiger charge is 2.15. The van der Waals surface area contributed by atoms with Crippen molar-refractivity contribution in [3.63, 3.8) is 0 Å². The Balaban J connectivity index is 1.95. The summed E-state index contributed by atoms with van der Waals surface area (Å²) >= 11 is 4.72. The van der Waals surface area contributed by atoms with Crippen LogP contribution in [-0.2, 0) is 4.79 Å². The summed E-state index contributed by atoms with van der Waals surface area (Å²) in [5.41, 5.74) is 1.30. The first-order valence-corrected chi connectivity index (χ1v) is 8.33. The molecule has 0 spiro atoms. The standard InChI is InChI=1S/C16H15BrN2O2S/c1-10(20)12-3-6-14(7-4-12)19-16(21)11(2)22-15-8-5-13(17)9-18-15/h3-9,11H,1-2H3,(H,19,21). The molecular weight excluding hydrogens is 364 g/mol. The summed E-state index contributed by atoms with van der Waals surface area (Å²) < 4.78 is 0.902. The SMILES string of the molecule is CC(=O)c1ccc(NC(=O)C(C)Sc2ccc(Br)cn2)cc1. The summed E-state index contributed by atoms with van der Waals surface area (Å²) in [6.45, 7) is 3.34. The number of halogens is 1. The number of nitrogens with zero attached hydrogens (tertiary/aromatic N) is 1. The first-order chi connectivity index (χ1) is 10.5. The minimum absolute atomic E-state index is 0.00288. The van der Waals surface area contributed by atoms with Crippen LogP contribution in [0.1, 0.15) is 24.2 Å². The van der Waals surface area contributed by atoms with Crippen LogP contribution >= 0.6 is 27.7 Å². The average molecular weight is 379 g/mol. The molecule has 1 N–H and O–H groups in total. The van der Waals surface area contributed by atoms with Gasteiger partial charge in [-0.2, -0.15) is 0 Å². The lowest BCUT2D eigenvalue weighted by Crippen LogP contribution is -2.22. The number of anilines is 1. The molecule has 6 heteroatoms. The first kappa shape index (κ1) is 16.7. The lowest BCUT2D eigenvalue weighted by Gasteiger charge is -2.11. The smallest absolute Gasteiger partial charge is 0.237 e. The molecule has 0 saturated carbocycles. The number of amides is 1. The molecule has 0 saturated heterocycles. The molecule has 1 heterocycles. The Morgan fingerprint density at radius 3 is 2.41 bits per heavy atom. The molecule has 1 amide bonds. The van der Waals surface area contributed by atoms with Crippen molar-refractivity contribution < 1.29 is 9.59 Å². The van der Waals surface area contributed by atoms with Gasteiger partial charge in [-0.3, -0.25) is 9.59 Å². The maximum absolute atomic E-state index is 12.2. The Bertz CT molecular complexity index is 672. The second-order valence-electron chi connectivity index (χ2n) is 4.70. The van der Waals surface area contributed by atoms with Crippen LogP contribution in [0.25, 0.3) is 0 Å². The van der Waals surface area contributed by atoms with E-state index in [4.69, 9.17) is 0 Å². The summed E-state index contributed by atoms with van der Waals surface area (Å²) in [6.07, 6.45) is 1.70. The van der Waals surface area contributed by atoms with Crippen molar-refractivity contribution in [2.75, 3.05) is 5.32 Å². The van der Waals surface area contributed by atoms with Crippen LogP contribution in [0, 0.1) is 0 Å². The van der Waals surface area contributed by atoms with Crippen LogP contribution in [0.4, 0.5) is 5.69 Å². The molecule has 2 aromatic rings. The minimum Gasteiger partial charge on any atom is -0.325 e. The van der Waals surface area contributed by atoms with Crippen LogP contribution in [0.2, 0.25) is 0 Å². The van der Waals surface area contributed by atoms with Crippen molar-refractivity contribution >= 4 is 45.1 Å². The molecule has 4 nitrogen and oxygen atoms in total. The summed E-state index contributed by atoms with van der Waals surface area (Å²) in [4.78, 5) is 27.6. The van der Waals surface area contributed by atoms with E-state index in [1.54, 1.807) is 30.5 Å². The first-order valence-electron chi connectivity index (χ1n) is 6.66. The quantitative estimate of drug-likeness (QED) is 0.626. The summed E-state index contributed by atoms with van der Waals surface area (Å²) in [5.74, 6) is -0.103. The van der Waals surface area contributed by atoms with Crippen LogP contribution in [0.15, 0.2) is 52.1 Å². The van der Waals surface area contributed by atoms with E-state index in [0.29, 0.717) is 11.3 Å². The van der Waals surface area contributed by atoms with Gasteiger partial charge in [0.05, 0.1) is 10.3 Å². The number of hydrogen-bond acceptors (Lipinski definition) is 4. The van der Waals surface area contributed by atoms with Crippen LogP contribution in [0.3, 0.4) is 0 Å². The Labute approximate surface area is 141 Å². The third-order valence-corrected chi connectivity index (χ3v) is 4.45. The fraction of sp³-hybridized carbons (Fsp3) is 0.188. The number of hydrogen-bond donors (Lipinski definition) is 1. The number of rotatable bonds is 5. The normalized spacial score (nSPS) is 11.8. The van der Waals surface area contributed by atoms with Crippen molar-refractivity contribution in [1.82, 2.24) is 4.98 Å². The highest BCUT2D eigenvalue weighted by molar-refractivity contribution is 9.10. The number of nitrogens with one attached hydrogen (secondary N) is 1. The van der Waals surface area contributed by atoms with Gasteiger partial charge in [-0.05, 0) is 66.2 Å². The van der Waals surface area contributed by atoms with E-state index in [-0.39, 0.29) is 16.9 Å². The van der Waals surface area contributed by atoms with Gasteiger partial charge in [0, 0.05) is 21.9 Å². The Morgan fingerprint density at radius 1 is 1.18 bits per heavy atom. The van der Waals surface area contributed by atoms with E-state index in [1.165, 1.54) is 18.7 Å². The number of Topliss-reactive ketones (excluding diaryl/α,β-unsaturated/α-hetero) is 1. The Kier molecular flexibility index (Phi) is 5.74. The lowest BCUT2D eigenvalue weighted by atomic mass is 10.1. The molecule has 1 atom stereocenters. The number of pyridine rings is 1. The van der Waals surface area contributed by atoms with Crippen LogP contribution in [0.5, 0.6) is 0 Å². The van der Waals surface area contributed by atoms with E-state index in [9.17, 15) is 9.59 Å². The maximum Gasteiger partial charge on any atom is 0.237 e. The molecule has 0 aliphatic rings. The molecule has 1 aromatic heterocycles. The molecule has 0 fully saturated rings. The van der Waals surface area contributed by atoms with Gasteiger partial charge < -0.3 is 5.32 Å².